The molecule has 3 heterocycles. The Morgan fingerprint density at radius 2 is 1.83 bits per heavy atom. The summed E-state index contributed by atoms with van der Waals surface area (Å²) in [6.45, 7) is 5.78. The van der Waals surface area contributed by atoms with Gasteiger partial charge in [-0.05, 0) is 36.5 Å². The fourth-order valence-electron chi connectivity index (χ4n) is 5.03. The quantitative estimate of drug-likeness (QED) is 0.665. The smallest absolute Gasteiger partial charge is 0.237 e. The zero-order chi connectivity index (χ0) is 20.7. The normalized spacial score (nSPS) is 26.3. The van der Waals surface area contributed by atoms with Crippen molar-refractivity contribution in [1.29, 1.82) is 0 Å². The van der Waals surface area contributed by atoms with E-state index in [2.05, 4.69) is 28.0 Å². The highest BCUT2D eigenvalue weighted by Crippen LogP contribution is 2.32. The molecule has 0 radical (unpaired) electrons. The minimum atomic E-state index is -2.98. The lowest BCUT2D eigenvalue weighted by atomic mass is 10.1. The number of hydrogen-bond donors (Lipinski definition) is 0. The van der Waals surface area contributed by atoms with Crippen molar-refractivity contribution in [2.24, 2.45) is 0 Å². The second kappa shape index (κ2) is 8.13. The third kappa shape index (κ3) is 4.50. The molecule has 1 aromatic rings. The first-order valence-corrected chi connectivity index (χ1v) is 13.0. The summed E-state index contributed by atoms with van der Waals surface area (Å²) in [6, 6.07) is 6.66. The van der Waals surface area contributed by atoms with Crippen molar-refractivity contribution in [2.75, 3.05) is 50.8 Å². The highest BCUT2D eigenvalue weighted by Gasteiger charge is 2.42. The lowest BCUT2D eigenvalue weighted by molar-refractivity contribution is -0.135. The van der Waals surface area contributed by atoms with E-state index >= 15 is 0 Å². The van der Waals surface area contributed by atoms with Gasteiger partial charge in [0.25, 0.3) is 0 Å². The number of sulfone groups is 1. The van der Waals surface area contributed by atoms with E-state index < -0.39 is 9.84 Å². The number of benzene rings is 1. The maximum atomic E-state index is 13.0. The molecule has 0 spiro atoms. The molecule has 1 saturated carbocycles. The molecule has 1 aromatic carbocycles. The molecule has 8 heteroatoms. The van der Waals surface area contributed by atoms with E-state index in [-0.39, 0.29) is 29.5 Å². The van der Waals surface area contributed by atoms with Crippen LogP contribution in [0, 0.1) is 0 Å². The van der Waals surface area contributed by atoms with E-state index in [9.17, 15) is 13.2 Å². The third-order valence-electron chi connectivity index (χ3n) is 6.81. The molecular formula is C22H31N3O4S. The molecule has 164 valence electrons. The second-order valence-corrected chi connectivity index (χ2v) is 11.4. The van der Waals surface area contributed by atoms with Gasteiger partial charge in [-0.3, -0.25) is 14.6 Å². The molecule has 0 unspecified atom stereocenters. The average Bonchev–Trinajstić information content (AvgIpc) is 3.31. The standard InChI is InChI=1S/C22H31N3O4S/c26-22(25(19-2-3-19)20-6-12-30(27,28)16-20)15-24-9-7-23(8-10-24)14-17-1-4-21-18(13-17)5-11-29-21/h1,4,13,19-20H,2-3,5-12,14-16H2/t20-/m0/s1. The second-order valence-electron chi connectivity index (χ2n) is 9.18. The first-order chi connectivity index (χ1) is 14.5. The summed E-state index contributed by atoms with van der Waals surface area (Å²) >= 11 is 0. The number of carbonyl (C=O) groups excluding carboxylic acids is 1. The Labute approximate surface area is 178 Å². The number of hydrogen-bond acceptors (Lipinski definition) is 6. The molecule has 0 N–H and O–H groups in total. The molecule has 3 fully saturated rings. The van der Waals surface area contributed by atoms with Crippen LogP contribution in [0.4, 0.5) is 0 Å². The first-order valence-electron chi connectivity index (χ1n) is 11.2. The number of piperazine rings is 1. The van der Waals surface area contributed by atoms with Crippen molar-refractivity contribution in [3.8, 4) is 5.75 Å². The van der Waals surface area contributed by atoms with Gasteiger partial charge in [-0.1, -0.05) is 12.1 Å². The van der Waals surface area contributed by atoms with Crippen LogP contribution in [-0.4, -0.2) is 91.9 Å². The molecule has 7 nitrogen and oxygen atoms in total. The van der Waals surface area contributed by atoms with Crippen molar-refractivity contribution in [2.45, 2.75) is 44.3 Å². The van der Waals surface area contributed by atoms with E-state index in [0.29, 0.717) is 13.0 Å². The summed E-state index contributed by atoms with van der Waals surface area (Å²) in [6.07, 6.45) is 3.63. The molecule has 1 aliphatic carbocycles. The van der Waals surface area contributed by atoms with Gasteiger partial charge in [-0.2, -0.15) is 0 Å². The van der Waals surface area contributed by atoms with Gasteiger partial charge in [-0.15, -0.1) is 0 Å². The summed E-state index contributed by atoms with van der Waals surface area (Å²) in [5, 5.41) is 0. The highest BCUT2D eigenvalue weighted by atomic mass is 32.2. The van der Waals surface area contributed by atoms with Crippen LogP contribution in [0.25, 0.3) is 0 Å². The minimum Gasteiger partial charge on any atom is -0.493 e. The highest BCUT2D eigenvalue weighted by molar-refractivity contribution is 7.91. The number of rotatable bonds is 6. The molecule has 1 amide bonds. The van der Waals surface area contributed by atoms with Crippen LogP contribution in [-0.2, 0) is 27.6 Å². The Morgan fingerprint density at radius 1 is 1.07 bits per heavy atom. The molecule has 5 rings (SSSR count). The molecule has 4 aliphatic rings. The zero-order valence-corrected chi connectivity index (χ0v) is 18.3. The Hall–Kier alpha value is -1.64. The Morgan fingerprint density at radius 3 is 2.53 bits per heavy atom. The fraction of sp³-hybridized carbons (Fsp3) is 0.682. The number of ether oxygens (including phenoxy) is 1. The van der Waals surface area contributed by atoms with E-state index in [4.69, 9.17) is 4.74 Å². The van der Waals surface area contributed by atoms with Gasteiger partial charge in [0, 0.05) is 51.2 Å². The van der Waals surface area contributed by atoms with E-state index in [1.165, 1.54) is 11.1 Å². The molecule has 3 aliphatic heterocycles. The summed E-state index contributed by atoms with van der Waals surface area (Å²) in [5.74, 6) is 1.51. The van der Waals surface area contributed by atoms with E-state index in [1.807, 2.05) is 4.90 Å². The van der Waals surface area contributed by atoms with Crippen LogP contribution < -0.4 is 4.74 Å². The van der Waals surface area contributed by atoms with Crippen molar-refractivity contribution in [3.63, 3.8) is 0 Å². The molecule has 0 aromatic heterocycles. The van der Waals surface area contributed by atoms with Crippen LogP contribution in [0.15, 0.2) is 18.2 Å². The Bertz CT molecular complexity index is 907. The van der Waals surface area contributed by atoms with Gasteiger partial charge < -0.3 is 9.64 Å². The molecule has 30 heavy (non-hydrogen) atoms. The number of fused-ring (bicyclic) bond motifs is 1. The SMILES string of the molecule is O=C(CN1CCN(Cc2ccc3c(c2)CCO3)CC1)N(C1CC1)[C@H]1CCS(=O)(=O)C1. The van der Waals surface area contributed by atoms with Crippen LogP contribution in [0.2, 0.25) is 0 Å². The summed E-state index contributed by atoms with van der Waals surface area (Å²) in [5.41, 5.74) is 2.64. The van der Waals surface area contributed by atoms with Crippen molar-refractivity contribution in [3.05, 3.63) is 29.3 Å². The number of carbonyl (C=O) groups is 1. The van der Waals surface area contributed by atoms with Gasteiger partial charge in [0.2, 0.25) is 5.91 Å². The van der Waals surface area contributed by atoms with Gasteiger partial charge in [0.05, 0.1) is 24.7 Å². The van der Waals surface area contributed by atoms with Crippen molar-refractivity contribution >= 4 is 15.7 Å². The number of amides is 1. The van der Waals surface area contributed by atoms with Gasteiger partial charge in [0.15, 0.2) is 9.84 Å². The molecule has 0 bridgehead atoms. The molecule has 1 atom stereocenters. The largest absolute Gasteiger partial charge is 0.493 e. The maximum Gasteiger partial charge on any atom is 0.237 e. The van der Waals surface area contributed by atoms with Gasteiger partial charge in [-0.25, -0.2) is 8.42 Å². The Balaban J connectivity index is 1.13. The number of nitrogens with zero attached hydrogens (tertiary/aromatic N) is 3. The van der Waals surface area contributed by atoms with Crippen LogP contribution >= 0.6 is 0 Å². The predicted octanol–water partition coefficient (Wildman–Crippen LogP) is 0.917. The van der Waals surface area contributed by atoms with Crippen LogP contribution in [0.3, 0.4) is 0 Å². The van der Waals surface area contributed by atoms with Crippen LogP contribution in [0.5, 0.6) is 5.75 Å². The van der Waals surface area contributed by atoms with Gasteiger partial charge >= 0.3 is 0 Å². The summed E-state index contributed by atoms with van der Waals surface area (Å²) in [7, 11) is -2.98. The third-order valence-corrected chi connectivity index (χ3v) is 8.56. The molecular weight excluding hydrogens is 402 g/mol. The minimum absolute atomic E-state index is 0.111. The van der Waals surface area contributed by atoms with Gasteiger partial charge in [0.1, 0.15) is 5.75 Å². The first kappa shape index (κ1) is 20.3. The lowest BCUT2D eigenvalue weighted by Gasteiger charge is -2.36. The summed E-state index contributed by atoms with van der Waals surface area (Å²) < 4.78 is 29.4. The van der Waals surface area contributed by atoms with Crippen LogP contribution in [0.1, 0.15) is 30.4 Å². The molecule has 2 saturated heterocycles. The van der Waals surface area contributed by atoms with Crippen molar-refractivity contribution in [1.82, 2.24) is 14.7 Å². The topological polar surface area (TPSA) is 70.2 Å². The zero-order valence-electron chi connectivity index (χ0n) is 17.5. The van der Waals surface area contributed by atoms with E-state index in [1.54, 1.807) is 0 Å². The van der Waals surface area contributed by atoms with E-state index in [0.717, 1.165) is 64.3 Å². The fourth-order valence-corrected chi connectivity index (χ4v) is 6.74. The maximum absolute atomic E-state index is 13.0. The Kier molecular flexibility index (Phi) is 5.49. The summed E-state index contributed by atoms with van der Waals surface area (Å²) in [4.78, 5) is 19.6. The average molecular weight is 434 g/mol. The van der Waals surface area contributed by atoms with Crippen molar-refractivity contribution < 1.29 is 17.9 Å². The monoisotopic (exact) mass is 433 g/mol. The predicted molar refractivity (Wildman–Crippen MR) is 114 cm³/mol. The lowest BCUT2D eigenvalue weighted by Crippen LogP contribution is -2.52.